The molecule has 2 aromatic carbocycles. The molecule has 0 fully saturated rings. The average molecular weight is 291 g/mol. The molecule has 2 N–H and O–H groups in total. The van der Waals surface area contributed by atoms with E-state index in [1.54, 1.807) is 18.2 Å². The number of aromatic carboxylic acids is 1. The number of nitro benzene ring substituents is 1. The fourth-order valence-electron chi connectivity index (χ4n) is 1.55. The smallest absolute Gasteiger partial charge is 0.336 e. The van der Waals surface area contributed by atoms with Crippen molar-refractivity contribution in [3.8, 4) is 5.75 Å². The molecule has 20 heavy (non-hydrogen) atoms. The third-order valence-electron chi connectivity index (χ3n) is 2.49. The van der Waals surface area contributed by atoms with Crippen molar-refractivity contribution in [1.29, 1.82) is 0 Å². The topological polar surface area (TPSA) is 101 Å². The molecule has 0 radical (unpaired) electrons. The van der Waals surface area contributed by atoms with E-state index in [1.165, 1.54) is 18.2 Å². The van der Waals surface area contributed by atoms with Crippen LogP contribution in [0.2, 0.25) is 0 Å². The van der Waals surface area contributed by atoms with Gasteiger partial charge in [-0.2, -0.15) is 0 Å². The zero-order valence-electron chi connectivity index (χ0n) is 10.0. The highest BCUT2D eigenvalue weighted by Gasteiger charge is 2.17. The molecule has 0 aliphatic carbocycles. The van der Waals surface area contributed by atoms with Crippen LogP contribution in [0.25, 0.3) is 0 Å². The minimum Gasteiger partial charge on any atom is -0.507 e. The molecule has 0 aromatic heterocycles. The highest BCUT2D eigenvalue weighted by molar-refractivity contribution is 7.99. The maximum Gasteiger partial charge on any atom is 0.336 e. The fourth-order valence-corrected chi connectivity index (χ4v) is 2.55. The van der Waals surface area contributed by atoms with E-state index >= 15 is 0 Å². The Bertz CT molecular complexity index is 686. The normalized spacial score (nSPS) is 10.2. The van der Waals surface area contributed by atoms with Gasteiger partial charge in [0.05, 0.1) is 15.4 Å². The molecule has 2 rings (SSSR count). The molecule has 0 aliphatic rings. The van der Waals surface area contributed by atoms with E-state index in [-0.39, 0.29) is 21.9 Å². The molecule has 6 nitrogen and oxygen atoms in total. The van der Waals surface area contributed by atoms with Crippen LogP contribution >= 0.6 is 11.8 Å². The third kappa shape index (κ3) is 2.89. The quantitative estimate of drug-likeness (QED) is 0.663. The predicted octanol–water partition coefficient (Wildman–Crippen LogP) is 3.15. The first-order chi connectivity index (χ1) is 9.49. The average Bonchev–Trinajstić information content (AvgIpc) is 2.41. The van der Waals surface area contributed by atoms with Gasteiger partial charge in [0.2, 0.25) is 0 Å². The van der Waals surface area contributed by atoms with E-state index in [1.807, 2.05) is 0 Å². The van der Waals surface area contributed by atoms with E-state index in [4.69, 9.17) is 5.11 Å². The van der Waals surface area contributed by atoms with Crippen molar-refractivity contribution in [3.63, 3.8) is 0 Å². The number of carboxylic acid groups (broad SMARTS) is 1. The number of nitrogens with zero attached hydrogens (tertiary/aromatic N) is 1. The summed E-state index contributed by atoms with van der Waals surface area (Å²) in [6, 6.07) is 9.87. The number of nitro groups is 1. The minimum absolute atomic E-state index is 0.0136. The summed E-state index contributed by atoms with van der Waals surface area (Å²) < 4.78 is 0. The first-order valence-corrected chi connectivity index (χ1v) is 6.28. The van der Waals surface area contributed by atoms with Crippen LogP contribution in [-0.2, 0) is 0 Å². The lowest BCUT2D eigenvalue weighted by atomic mass is 10.2. The monoisotopic (exact) mass is 291 g/mol. The summed E-state index contributed by atoms with van der Waals surface area (Å²) in [7, 11) is 0. The van der Waals surface area contributed by atoms with Crippen molar-refractivity contribution < 1.29 is 19.9 Å². The van der Waals surface area contributed by atoms with Crippen molar-refractivity contribution in [3.05, 3.63) is 58.1 Å². The van der Waals surface area contributed by atoms with Crippen LogP contribution in [0, 0.1) is 10.1 Å². The molecule has 102 valence electrons. The Morgan fingerprint density at radius 1 is 1.15 bits per heavy atom. The van der Waals surface area contributed by atoms with Crippen LogP contribution in [0.15, 0.2) is 52.3 Å². The number of para-hydroxylation sites is 1. The molecule has 0 saturated heterocycles. The fraction of sp³-hybridized carbons (Fsp3) is 0. The van der Waals surface area contributed by atoms with Gasteiger partial charge in [0.1, 0.15) is 5.75 Å². The molecule has 0 unspecified atom stereocenters. The number of carboxylic acids is 1. The Morgan fingerprint density at radius 2 is 1.85 bits per heavy atom. The van der Waals surface area contributed by atoms with Gasteiger partial charge in [-0.15, -0.1) is 0 Å². The zero-order valence-corrected chi connectivity index (χ0v) is 10.8. The number of benzene rings is 2. The summed E-state index contributed by atoms with van der Waals surface area (Å²) in [5, 5.41) is 29.5. The lowest BCUT2D eigenvalue weighted by Crippen LogP contribution is -2.00. The molecule has 0 spiro atoms. The Labute approximate surface area is 117 Å². The van der Waals surface area contributed by atoms with Gasteiger partial charge in [-0.05, 0) is 18.2 Å². The molecular formula is C13H9NO5S. The second-order valence-electron chi connectivity index (χ2n) is 3.81. The Kier molecular flexibility index (Phi) is 3.90. The van der Waals surface area contributed by atoms with Gasteiger partial charge < -0.3 is 10.2 Å². The summed E-state index contributed by atoms with van der Waals surface area (Å²) in [5.41, 5.74) is -0.253. The Hall–Kier alpha value is -2.54. The van der Waals surface area contributed by atoms with Gasteiger partial charge in [-0.1, -0.05) is 23.9 Å². The van der Waals surface area contributed by atoms with Gasteiger partial charge in [-0.25, -0.2) is 4.79 Å². The number of non-ortho nitro benzene ring substituents is 1. The molecule has 2 aromatic rings. The zero-order chi connectivity index (χ0) is 14.7. The molecule has 7 heteroatoms. The Balaban J connectivity index is 2.48. The van der Waals surface area contributed by atoms with E-state index in [0.717, 1.165) is 17.8 Å². The molecule has 0 atom stereocenters. The summed E-state index contributed by atoms with van der Waals surface area (Å²) in [6.07, 6.45) is 0. The van der Waals surface area contributed by atoms with Crippen LogP contribution in [0.4, 0.5) is 5.69 Å². The molecule has 0 amide bonds. The molecule has 0 heterocycles. The summed E-state index contributed by atoms with van der Waals surface area (Å²) >= 11 is 0.965. The van der Waals surface area contributed by atoms with Gasteiger partial charge in [0.15, 0.2) is 0 Å². The summed E-state index contributed by atoms with van der Waals surface area (Å²) in [5.74, 6) is -1.20. The molecule has 0 bridgehead atoms. The van der Waals surface area contributed by atoms with Crippen molar-refractivity contribution in [1.82, 2.24) is 0 Å². The SMILES string of the molecule is O=C(O)c1ccc([N+](=O)[O-])cc1Sc1ccccc1O. The Morgan fingerprint density at radius 3 is 2.45 bits per heavy atom. The van der Waals surface area contributed by atoms with Crippen molar-refractivity contribution >= 4 is 23.4 Å². The number of hydrogen-bond acceptors (Lipinski definition) is 5. The maximum atomic E-state index is 11.1. The van der Waals surface area contributed by atoms with Gasteiger partial charge in [0, 0.05) is 17.0 Å². The summed E-state index contributed by atoms with van der Waals surface area (Å²) in [4.78, 5) is 21.9. The highest BCUT2D eigenvalue weighted by atomic mass is 32.2. The standard InChI is InChI=1S/C13H9NO5S/c15-10-3-1-2-4-11(10)20-12-7-8(14(18)19)5-6-9(12)13(16)17/h1-7,15H,(H,16,17). The minimum atomic E-state index is -1.18. The number of carbonyl (C=O) groups is 1. The second kappa shape index (κ2) is 5.62. The van der Waals surface area contributed by atoms with Crippen LogP contribution in [-0.4, -0.2) is 21.1 Å². The van der Waals surface area contributed by atoms with Crippen LogP contribution in [0.3, 0.4) is 0 Å². The van der Waals surface area contributed by atoms with Crippen LogP contribution in [0.1, 0.15) is 10.4 Å². The maximum absolute atomic E-state index is 11.1. The molecule has 0 saturated carbocycles. The number of phenolic OH excluding ortho intramolecular Hbond substituents is 1. The van der Waals surface area contributed by atoms with E-state index in [0.29, 0.717) is 4.90 Å². The number of hydrogen-bond donors (Lipinski definition) is 2. The number of phenols is 1. The van der Waals surface area contributed by atoms with E-state index in [2.05, 4.69) is 0 Å². The highest BCUT2D eigenvalue weighted by Crippen LogP contribution is 2.37. The van der Waals surface area contributed by atoms with Gasteiger partial charge in [-0.3, -0.25) is 10.1 Å². The lowest BCUT2D eigenvalue weighted by molar-refractivity contribution is -0.385. The van der Waals surface area contributed by atoms with Gasteiger partial charge >= 0.3 is 5.97 Å². The van der Waals surface area contributed by atoms with E-state index in [9.17, 15) is 20.0 Å². The second-order valence-corrected chi connectivity index (χ2v) is 4.90. The molecule has 0 aliphatic heterocycles. The third-order valence-corrected chi connectivity index (χ3v) is 3.61. The van der Waals surface area contributed by atoms with Crippen molar-refractivity contribution in [2.24, 2.45) is 0 Å². The lowest BCUT2D eigenvalue weighted by Gasteiger charge is -2.07. The number of aromatic hydroxyl groups is 1. The predicted molar refractivity (Wildman–Crippen MR) is 72.3 cm³/mol. The molecular weight excluding hydrogens is 282 g/mol. The summed E-state index contributed by atoms with van der Waals surface area (Å²) in [6.45, 7) is 0. The first kappa shape index (κ1) is 13.9. The van der Waals surface area contributed by atoms with Crippen LogP contribution < -0.4 is 0 Å². The van der Waals surface area contributed by atoms with Gasteiger partial charge in [0.25, 0.3) is 5.69 Å². The number of rotatable bonds is 4. The largest absolute Gasteiger partial charge is 0.507 e. The first-order valence-electron chi connectivity index (χ1n) is 5.46. The van der Waals surface area contributed by atoms with Crippen molar-refractivity contribution in [2.75, 3.05) is 0 Å². The van der Waals surface area contributed by atoms with E-state index < -0.39 is 10.9 Å². The van der Waals surface area contributed by atoms with Crippen LogP contribution in [0.5, 0.6) is 5.75 Å². The van der Waals surface area contributed by atoms with Crippen molar-refractivity contribution in [2.45, 2.75) is 9.79 Å².